The average molecular weight is 240 g/mol. The van der Waals surface area contributed by atoms with Gasteiger partial charge in [0.1, 0.15) is 0 Å². The summed E-state index contributed by atoms with van der Waals surface area (Å²) >= 11 is 0. The van der Waals surface area contributed by atoms with Crippen LogP contribution in [0.2, 0.25) is 0 Å². The quantitative estimate of drug-likeness (QED) is 0.690. The maximum atomic E-state index is 12.5. The molecule has 0 bridgehead atoms. The Morgan fingerprint density at radius 3 is 2.31 bits per heavy atom. The second kappa shape index (κ2) is 3.59. The van der Waals surface area contributed by atoms with Crippen molar-refractivity contribution in [1.82, 2.24) is 4.90 Å². The van der Waals surface area contributed by atoms with Crippen molar-refractivity contribution in [2.24, 2.45) is 5.73 Å². The monoisotopic (exact) mass is 240 g/mol. The molecule has 0 aliphatic carbocycles. The predicted octanol–water partition coefficient (Wildman–Crippen LogP) is 0.249. The van der Waals surface area contributed by atoms with Gasteiger partial charge in [0.15, 0.2) is 5.54 Å². The van der Waals surface area contributed by atoms with Crippen LogP contribution >= 0.6 is 0 Å². The Hall–Kier alpha value is -0.820. The highest BCUT2D eigenvalue weighted by Crippen LogP contribution is 2.31. The third kappa shape index (κ3) is 2.30. The first kappa shape index (κ1) is 13.2. The van der Waals surface area contributed by atoms with Crippen molar-refractivity contribution in [2.75, 3.05) is 13.1 Å². The van der Waals surface area contributed by atoms with E-state index in [1.807, 2.05) is 0 Å². The van der Waals surface area contributed by atoms with Gasteiger partial charge < -0.3 is 15.7 Å². The summed E-state index contributed by atoms with van der Waals surface area (Å²) in [5.74, 6) is -1.20. The Kier molecular flexibility index (Phi) is 2.98. The van der Waals surface area contributed by atoms with Crippen molar-refractivity contribution in [1.29, 1.82) is 0 Å². The van der Waals surface area contributed by atoms with Gasteiger partial charge in [0.25, 0.3) is 5.91 Å². The first-order chi connectivity index (χ1) is 6.97. The summed E-state index contributed by atoms with van der Waals surface area (Å²) in [4.78, 5) is 12.5. The van der Waals surface area contributed by atoms with Gasteiger partial charge in [0, 0.05) is 13.1 Å². The van der Waals surface area contributed by atoms with E-state index in [1.165, 1.54) is 6.92 Å². The standard InChI is InChI=1S/C9H15F3N2O2/c1-7(16)3-4-14(5-7)6(15)8(2,13)9(10,11)12/h16H,3-5,13H2,1-2H3. The first-order valence-corrected chi connectivity index (χ1v) is 4.85. The van der Waals surface area contributed by atoms with Crippen LogP contribution in [0.4, 0.5) is 13.2 Å². The van der Waals surface area contributed by atoms with Crippen LogP contribution in [-0.4, -0.2) is 46.3 Å². The lowest BCUT2D eigenvalue weighted by Gasteiger charge is -2.31. The number of amides is 1. The Morgan fingerprint density at radius 1 is 1.50 bits per heavy atom. The number of alkyl halides is 3. The molecule has 0 spiro atoms. The molecule has 1 heterocycles. The zero-order valence-electron chi connectivity index (χ0n) is 9.14. The molecule has 2 atom stereocenters. The Labute approximate surface area is 91.2 Å². The molecule has 2 unspecified atom stereocenters. The number of halogens is 3. The molecule has 94 valence electrons. The summed E-state index contributed by atoms with van der Waals surface area (Å²) in [5.41, 5.74) is 0.985. The average Bonchev–Trinajstić information content (AvgIpc) is 2.42. The van der Waals surface area contributed by atoms with Gasteiger partial charge in [-0.2, -0.15) is 13.2 Å². The largest absolute Gasteiger partial charge is 0.415 e. The molecule has 1 amide bonds. The second-order valence-electron chi connectivity index (χ2n) is 4.67. The summed E-state index contributed by atoms with van der Waals surface area (Å²) in [7, 11) is 0. The Bertz CT molecular complexity index is 300. The van der Waals surface area contributed by atoms with Crippen molar-refractivity contribution in [3.63, 3.8) is 0 Å². The summed E-state index contributed by atoms with van der Waals surface area (Å²) in [5, 5.41) is 9.57. The van der Waals surface area contributed by atoms with Crippen LogP contribution in [-0.2, 0) is 4.79 Å². The zero-order valence-corrected chi connectivity index (χ0v) is 9.14. The fourth-order valence-corrected chi connectivity index (χ4v) is 1.57. The van der Waals surface area contributed by atoms with Crippen LogP contribution in [0.15, 0.2) is 0 Å². The Morgan fingerprint density at radius 2 is 2.00 bits per heavy atom. The minimum Gasteiger partial charge on any atom is -0.388 e. The van der Waals surface area contributed by atoms with E-state index in [0.717, 1.165) is 4.90 Å². The number of carbonyl (C=O) groups is 1. The van der Waals surface area contributed by atoms with Crippen LogP contribution in [0.1, 0.15) is 20.3 Å². The van der Waals surface area contributed by atoms with Gasteiger partial charge in [0.2, 0.25) is 0 Å². The first-order valence-electron chi connectivity index (χ1n) is 4.85. The molecule has 3 N–H and O–H groups in total. The molecule has 4 nitrogen and oxygen atoms in total. The number of aliphatic hydroxyl groups is 1. The van der Waals surface area contributed by atoms with Crippen molar-refractivity contribution in [3.8, 4) is 0 Å². The molecule has 1 fully saturated rings. The molecule has 0 aromatic rings. The number of likely N-dealkylation sites (tertiary alicyclic amines) is 1. The van der Waals surface area contributed by atoms with Crippen LogP contribution in [0.25, 0.3) is 0 Å². The molecule has 16 heavy (non-hydrogen) atoms. The molecule has 0 saturated carbocycles. The summed E-state index contributed by atoms with van der Waals surface area (Å²) in [6.45, 7) is 2.09. The van der Waals surface area contributed by atoms with Crippen LogP contribution in [0.5, 0.6) is 0 Å². The summed E-state index contributed by atoms with van der Waals surface area (Å²) in [6, 6.07) is 0. The van der Waals surface area contributed by atoms with Crippen molar-refractivity contribution >= 4 is 5.91 Å². The highest BCUT2D eigenvalue weighted by molar-refractivity contribution is 5.87. The normalized spacial score (nSPS) is 30.3. The van der Waals surface area contributed by atoms with E-state index >= 15 is 0 Å². The van der Waals surface area contributed by atoms with Crippen molar-refractivity contribution < 1.29 is 23.1 Å². The van der Waals surface area contributed by atoms with Crippen LogP contribution in [0.3, 0.4) is 0 Å². The molecule has 0 radical (unpaired) electrons. The van der Waals surface area contributed by atoms with Crippen molar-refractivity contribution in [2.45, 2.75) is 37.6 Å². The van der Waals surface area contributed by atoms with Gasteiger partial charge in [-0.25, -0.2) is 0 Å². The van der Waals surface area contributed by atoms with E-state index < -0.39 is 23.2 Å². The lowest BCUT2D eigenvalue weighted by molar-refractivity contribution is -0.193. The lowest BCUT2D eigenvalue weighted by Crippen LogP contribution is -2.62. The lowest BCUT2D eigenvalue weighted by atomic mass is 10.0. The third-order valence-electron chi connectivity index (χ3n) is 2.77. The SMILES string of the molecule is CC1(O)CCN(C(=O)C(C)(N)C(F)(F)F)C1. The fourth-order valence-electron chi connectivity index (χ4n) is 1.57. The number of hydrogen-bond donors (Lipinski definition) is 2. The minimum absolute atomic E-state index is 0.0920. The number of nitrogens with zero attached hydrogens (tertiary/aromatic N) is 1. The van der Waals surface area contributed by atoms with E-state index in [9.17, 15) is 23.1 Å². The molecule has 0 aromatic carbocycles. The highest BCUT2D eigenvalue weighted by Gasteiger charge is 2.56. The maximum Gasteiger partial charge on any atom is 0.415 e. The number of carbonyl (C=O) groups excluding carboxylic acids is 1. The molecule has 1 saturated heterocycles. The minimum atomic E-state index is -4.79. The Balaban J connectivity index is 2.81. The highest BCUT2D eigenvalue weighted by atomic mass is 19.4. The van der Waals surface area contributed by atoms with Crippen LogP contribution in [0, 0.1) is 0 Å². The topological polar surface area (TPSA) is 66.6 Å². The van der Waals surface area contributed by atoms with Gasteiger partial charge in [-0.1, -0.05) is 0 Å². The maximum absolute atomic E-state index is 12.5. The number of nitrogens with two attached hydrogens (primary N) is 1. The van der Waals surface area contributed by atoms with Gasteiger partial charge >= 0.3 is 6.18 Å². The fraction of sp³-hybridized carbons (Fsp3) is 0.889. The summed E-state index contributed by atoms with van der Waals surface area (Å²) in [6.07, 6.45) is -4.54. The van der Waals surface area contributed by atoms with E-state index in [4.69, 9.17) is 5.73 Å². The molecule has 1 rings (SSSR count). The van der Waals surface area contributed by atoms with Gasteiger partial charge in [-0.3, -0.25) is 4.79 Å². The third-order valence-corrected chi connectivity index (χ3v) is 2.77. The van der Waals surface area contributed by atoms with E-state index in [0.29, 0.717) is 6.92 Å². The number of hydrogen-bond acceptors (Lipinski definition) is 3. The molecule has 0 aromatic heterocycles. The predicted molar refractivity (Wildman–Crippen MR) is 50.5 cm³/mol. The number of rotatable bonds is 1. The van der Waals surface area contributed by atoms with E-state index in [2.05, 4.69) is 0 Å². The second-order valence-corrected chi connectivity index (χ2v) is 4.67. The zero-order chi connectivity index (χ0) is 12.8. The molecular weight excluding hydrogens is 225 g/mol. The van der Waals surface area contributed by atoms with Gasteiger partial charge in [-0.15, -0.1) is 0 Å². The smallest absolute Gasteiger partial charge is 0.388 e. The summed E-state index contributed by atoms with van der Waals surface area (Å²) < 4.78 is 37.5. The van der Waals surface area contributed by atoms with E-state index in [1.54, 1.807) is 0 Å². The van der Waals surface area contributed by atoms with E-state index in [-0.39, 0.29) is 19.5 Å². The van der Waals surface area contributed by atoms with Gasteiger partial charge in [-0.05, 0) is 20.3 Å². The number of β-amino-alcohol motifs (C(OH)–C–C–N with tert-alkyl or cyclic N) is 1. The molecule has 1 aliphatic heterocycles. The molecule has 7 heteroatoms. The van der Waals surface area contributed by atoms with Crippen molar-refractivity contribution in [3.05, 3.63) is 0 Å². The van der Waals surface area contributed by atoms with Crippen LogP contribution < -0.4 is 5.73 Å². The molecular formula is C9H15F3N2O2. The molecule has 1 aliphatic rings. The van der Waals surface area contributed by atoms with Gasteiger partial charge in [0.05, 0.1) is 5.60 Å².